The third-order valence-electron chi connectivity index (χ3n) is 4.40. The molecule has 2 N–H and O–H groups in total. The highest BCUT2D eigenvalue weighted by Crippen LogP contribution is 2.34. The number of carbonyl (C=O) groups is 1. The van der Waals surface area contributed by atoms with Gasteiger partial charge in [0.1, 0.15) is 4.90 Å². The van der Waals surface area contributed by atoms with Crippen LogP contribution >= 0.6 is 11.8 Å². The SMILES string of the molecule is O=C(O)c1ccccc1Sc1c(O)nc(-c2ccccc2)n(-c2ccccc2)c1=O. The molecule has 4 aromatic rings. The lowest BCUT2D eigenvalue weighted by atomic mass is 10.2. The maximum Gasteiger partial charge on any atom is 0.336 e. The zero-order valence-corrected chi connectivity index (χ0v) is 16.4. The van der Waals surface area contributed by atoms with E-state index in [2.05, 4.69) is 4.98 Å². The topological polar surface area (TPSA) is 92.4 Å². The molecule has 7 heteroatoms. The standard InChI is InChI=1S/C23H16N2O4S/c26-21-19(30-18-14-8-7-13-17(18)23(28)29)22(27)25(16-11-5-2-6-12-16)20(24-21)15-9-3-1-4-10-15/h1-14,26H,(H,28,29). The van der Waals surface area contributed by atoms with Crippen molar-refractivity contribution in [1.29, 1.82) is 0 Å². The summed E-state index contributed by atoms with van der Waals surface area (Å²) in [4.78, 5) is 29.6. The molecule has 0 unspecified atom stereocenters. The lowest BCUT2D eigenvalue weighted by Crippen LogP contribution is -2.23. The molecular formula is C23H16N2O4S. The van der Waals surface area contributed by atoms with Gasteiger partial charge in [-0.25, -0.2) is 4.79 Å². The van der Waals surface area contributed by atoms with Crippen LogP contribution in [0.15, 0.2) is 99.5 Å². The number of hydrogen-bond acceptors (Lipinski definition) is 5. The first-order valence-electron chi connectivity index (χ1n) is 9.03. The van der Waals surface area contributed by atoms with Gasteiger partial charge >= 0.3 is 5.97 Å². The van der Waals surface area contributed by atoms with Crippen molar-refractivity contribution in [3.63, 3.8) is 0 Å². The number of carboxylic acids is 1. The Kier molecular flexibility index (Phi) is 5.36. The number of para-hydroxylation sites is 1. The monoisotopic (exact) mass is 416 g/mol. The Bertz CT molecular complexity index is 1270. The average molecular weight is 416 g/mol. The van der Waals surface area contributed by atoms with Crippen LogP contribution in [0.2, 0.25) is 0 Å². The fourth-order valence-corrected chi connectivity index (χ4v) is 3.97. The molecule has 0 amide bonds. The average Bonchev–Trinajstić information content (AvgIpc) is 2.77. The van der Waals surface area contributed by atoms with Crippen LogP contribution in [-0.4, -0.2) is 25.7 Å². The van der Waals surface area contributed by atoms with E-state index in [9.17, 15) is 19.8 Å². The van der Waals surface area contributed by atoms with Gasteiger partial charge in [-0.3, -0.25) is 9.36 Å². The summed E-state index contributed by atoms with van der Waals surface area (Å²) in [5, 5.41) is 20.0. The third kappa shape index (κ3) is 3.70. The Morgan fingerprint density at radius 2 is 1.47 bits per heavy atom. The van der Waals surface area contributed by atoms with E-state index in [0.717, 1.165) is 11.8 Å². The summed E-state index contributed by atoms with van der Waals surface area (Å²) in [6, 6.07) is 24.4. The largest absolute Gasteiger partial charge is 0.492 e. The van der Waals surface area contributed by atoms with Crippen molar-refractivity contribution in [3.05, 3.63) is 101 Å². The second-order valence-electron chi connectivity index (χ2n) is 6.33. The van der Waals surface area contributed by atoms with Crippen molar-refractivity contribution in [2.45, 2.75) is 9.79 Å². The molecule has 0 aliphatic carbocycles. The number of nitrogens with zero attached hydrogens (tertiary/aromatic N) is 2. The summed E-state index contributed by atoms with van der Waals surface area (Å²) in [7, 11) is 0. The molecule has 0 spiro atoms. The Balaban J connectivity index is 1.95. The van der Waals surface area contributed by atoms with E-state index in [-0.39, 0.29) is 10.5 Å². The molecular weight excluding hydrogens is 400 g/mol. The number of rotatable bonds is 5. The summed E-state index contributed by atoms with van der Waals surface area (Å²) in [5.41, 5.74) is 0.802. The van der Waals surface area contributed by atoms with Gasteiger partial charge in [0.2, 0.25) is 5.88 Å². The quantitative estimate of drug-likeness (QED) is 0.499. The number of aromatic carboxylic acids is 1. The molecule has 6 nitrogen and oxygen atoms in total. The highest BCUT2D eigenvalue weighted by Gasteiger charge is 2.21. The fraction of sp³-hybridized carbons (Fsp3) is 0. The number of aromatic hydroxyl groups is 1. The molecule has 4 rings (SSSR count). The van der Waals surface area contributed by atoms with E-state index in [0.29, 0.717) is 22.0 Å². The molecule has 0 saturated heterocycles. The minimum Gasteiger partial charge on any atom is -0.492 e. The van der Waals surface area contributed by atoms with Crippen molar-refractivity contribution in [2.75, 3.05) is 0 Å². The molecule has 0 fully saturated rings. The zero-order valence-electron chi connectivity index (χ0n) is 15.6. The van der Waals surface area contributed by atoms with E-state index in [1.54, 1.807) is 54.6 Å². The summed E-state index contributed by atoms with van der Waals surface area (Å²) < 4.78 is 1.42. The summed E-state index contributed by atoms with van der Waals surface area (Å²) in [6.45, 7) is 0. The highest BCUT2D eigenvalue weighted by atomic mass is 32.2. The molecule has 0 aliphatic rings. The van der Waals surface area contributed by atoms with Crippen LogP contribution in [0, 0.1) is 0 Å². The summed E-state index contributed by atoms with van der Waals surface area (Å²) >= 11 is 0.882. The molecule has 148 valence electrons. The first-order chi connectivity index (χ1) is 14.6. The van der Waals surface area contributed by atoms with E-state index in [1.807, 2.05) is 24.3 Å². The molecule has 30 heavy (non-hydrogen) atoms. The predicted octanol–water partition coefficient (Wildman–Crippen LogP) is 4.45. The van der Waals surface area contributed by atoms with Crippen molar-refractivity contribution >= 4 is 17.7 Å². The van der Waals surface area contributed by atoms with Crippen molar-refractivity contribution in [3.8, 4) is 23.0 Å². The lowest BCUT2D eigenvalue weighted by molar-refractivity contribution is 0.0693. The first kappa shape index (κ1) is 19.5. The minimum absolute atomic E-state index is 0.0414. The number of benzene rings is 3. The van der Waals surface area contributed by atoms with Crippen LogP contribution in [0.25, 0.3) is 17.1 Å². The predicted molar refractivity (Wildman–Crippen MR) is 114 cm³/mol. The number of aromatic nitrogens is 2. The number of carboxylic acid groups (broad SMARTS) is 1. The minimum atomic E-state index is -1.12. The zero-order chi connectivity index (χ0) is 21.1. The molecule has 0 aliphatic heterocycles. The van der Waals surface area contributed by atoms with E-state index in [4.69, 9.17) is 0 Å². The molecule has 1 heterocycles. The van der Waals surface area contributed by atoms with Crippen LogP contribution in [0.1, 0.15) is 10.4 Å². The Labute approximate surface area is 176 Å². The van der Waals surface area contributed by atoms with E-state index in [1.165, 1.54) is 10.6 Å². The molecule has 0 saturated carbocycles. The van der Waals surface area contributed by atoms with Gasteiger partial charge in [0.05, 0.1) is 11.3 Å². The van der Waals surface area contributed by atoms with E-state index >= 15 is 0 Å². The second kappa shape index (κ2) is 8.26. The van der Waals surface area contributed by atoms with Crippen molar-refractivity contribution < 1.29 is 15.0 Å². The smallest absolute Gasteiger partial charge is 0.336 e. The first-order valence-corrected chi connectivity index (χ1v) is 9.85. The van der Waals surface area contributed by atoms with Crippen LogP contribution in [-0.2, 0) is 0 Å². The van der Waals surface area contributed by atoms with Crippen LogP contribution < -0.4 is 5.56 Å². The highest BCUT2D eigenvalue weighted by molar-refractivity contribution is 7.99. The maximum atomic E-state index is 13.5. The van der Waals surface area contributed by atoms with Gasteiger partial charge in [-0.1, -0.05) is 72.4 Å². The lowest BCUT2D eigenvalue weighted by Gasteiger charge is -2.15. The normalized spacial score (nSPS) is 10.7. The van der Waals surface area contributed by atoms with Crippen LogP contribution in [0.4, 0.5) is 0 Å². The molecule has 1 aromatic heterocycles. The van der Waals surface area contributed by atoms with E-state index < -0.39 is 17.4 Å². The fourth-order valence-electron chi connectivity index (χ4n) is 3.02. The summed E-state index contributed by atoms with van der Waals surface area (Å²) in [5.74, 6) is -1.27. The van der Waals surface area contributed by atoms with Gasteiger partial charge in [0.25, 0.3) is 5.56 Å². The summed E-state index contributed by atoms with van der Waals surface area (Å²) in [6.07, 6.45) is 0. The van der Waals surface area contributed by atoms with Crippen LogP contribution in [0.5, 0.6) is 5.88 Å². The van der Waals surface area contributed by atoms with Crippen molar-refractivity contribution in [1.82, 2.24) is 9.55 Å². The Morgan fingerprint density at radius 1 is 0.867 bits per heavy atom. The van der Waals surface area contributed by atoms with Gasteiger partial charge in [-0.2, -0.15) is 4.98 Å². The van der Waals surface area contributed by atoms with Gasteiger partial charge < -0.3 is 10.2 Å². The van der Waals surface area contributed by atoms with Gasteiger partial charge in [0, 0.05) is 10.5 Å². The molecule has 0 atom stereocenters. The maximum absolute atomic E-state index is 13.5. The van der Waals surface area contributed by atoms with Crippen molar-refractivity contribution in [2.24, 2.45) is 0 Å². The van der Waals surface area contributed by atoms with Gasteiger partial charge in [-0.15, -0.1) is 0 Å². The Hall–Kier alpha value is -3.84. The van der Waals surface area contributed by atoms with Gasteiger partial charge in [-0.05, 0) is 24.3 Å². The second-order valence-corrected chi connectivity index (χ2v) is 7.39. The molecule has 3 aromatic carbocycles. The number of hydrogen-bond donors (Lipinski definition) is 2. The molecule has 0 radical (unpaired) electrons. The Morgan fingerprint density at radius 3 is 2.13 bits per heavy atom. The molecule has 0 bridgehead atoms. The van der Waals surface area contributed by atoms with Crippen LogP contribution in [0.3, 0.4) is 0 Å². The van der Waals surface area contributed by atoms with Gasteiger partial charge in [0.15, 0.2) is 5.82 Å². The third-order valence-corrected chi connectivity index (χ3v) is 5.54.